The number of aryl methyl sites for hydroxylation is 1. The second-order valence-electron chi connectivity index (χ2n) is 7.67. The number of methoxy groups -OCH3 is 1. The fraction of sp³-hybridized carbons (Fsp3) is 0.240. The van der Waals surface area contributed by atoms with Crippen LogP contribution in [0.3, 0.4) is 0 Å². The van der Waals surface area contributed by atoms with Gasteiger partial charge in [-0.15, -0.1) is 0 Å². The number of benzene rings is 2. The fourth-order valence-electron chi connectivity index (χ4n) is 4.07. The second kappa shape index (κ2) is 8.34. The third-order valence-corrected chi connectivity index (χ3v) is 5.65. The van der Waals surface area contributed by atoms with Gasteiger partial charge in [-0.1, -0.05) is 36.4 Å². The van der Waals surface area contributed by atoms with Crippen LogP contribution in [0.2, 0.25) is 0 Å². The van der Waals surface area contributed by atoms with Gasteiger partial charge in [0, 0.05) is 16.8 Å². The summed E-state index contributed by atoms with van der Waals surface area (Å²) >= 11 is 0. The normalized spacial score (nSPS) is 13.4. The Morgan fingerprint density at radius 3 is 2.09 bits per heavy atom. The first kappa shape index (κ1) is 21.4. The lowest BCUT2D eigenvalue weighted by molar-refractivity contribution is -0.147. The van der Waals surface area contributed by atoms with Crippen LogP contribution in [-0.2, 0) is 14.3 Å². The molecular weight excluding hydrogens is 410 g/mol. The van der Waals surface area contributed by atoms with Crippen molar-refractivity contribution in [2.24, 2.45) is 0 Å². The second-order valence-corrected chi connectivity index (χ2v) is 7.67. The van der Waals surface area contributed by atoms with Gasteiger partial charge in [0.25, 0.3) is 0 Å². The molecule has 164 valence electrons. The van der Waals surface area contributed by atoms with Gasteiger partial charge < -0.3 is 19.2 Å². The van der Waals surface area contributed by atoms with E-state index in [1.807, 2.05) is 36.4 Å². The van der Waals surface area contributed by atoms with E-state index in [0.29, 0.717) is 39.4 Å². The van der Waals surface area contributed by atoms with Gasteiger partial charge in [-0.05, 0) is 38.5 Å². The molecule has 3 aromatic rings. The quantitative estimate of drug-likeness (QED) is 0.471. The van der Waals surface area contributed by atoms with Crippen molar-refractivity contribution in [1.82, 2.24) is 4.98 Å². The summed E-state index contributed by atoms with van der Waals surface area (Å²) in [5.74, 6) is -1.08. The Morgan fingerprint density at radius 2 is 1.53 bits per heavy atom. The molecule has 0 spiro atoms. The van der Waals surface area contributed by atoms with Gasteiger partial charge in [-0.25, -0.2) is 4.79 Å². The summed E-state index contributed by atoms with van der Waals surface area (Å²) in [6.45, 7) is 4.86. The zero-order valence-electron chi connectivity index (χ0n) is 18.2. The number of aromatic amines is 1. The summed E-state index contributed by atoms with van der Waals surface area (Å²) in [6, 6.07) is 14.5. The maximum Gasteiger partial charge on any atom is 0.339 e. The molecule has 0 radical (unpaired) electrons. The molecule has 2 aromatic carbocycles. The van der Waals surface area contributed by atoms with Crippen molar-refractivity contribution < 1.29 is 28.6 Å². The number of carbonyl (C=O) groups excluding carboxylic acids is 3. The van der Waals surface area contributed by atoms with E-state index < -0.39 is 29.7 Å². The Balaban J connectivity index is 1.62. The molecule has 1 aliphatic heterocycles. The average molecular weight is 433 g/mol. The van der Waals surface area contributed by atoms with Crippen molar-refractivity contribution >= 4 is 17.7 Å². The first-order valence-corrected chi connectivity index (χ1v) is 10.2. The van der Waals surface area contributed by atoms with Crippen molar-refractivity contribution in [2.45, 2.75) is 32.8 Å². The van der Waals surface area contributed by atoms with E-state index in [0.717, 1.165) is 0 Å². The zero-order chi connectivity index (χ0) is 23.0. The van der Waals surface area contributed by atoms with E-state index in [2.05, 4.69) is 4.98 Å². The minimum Gasteiger partial charge on any atom is -0.465 e. The lowest BCUT2D eigenvalue weighted by atomic mass is 9.88. The van der Waals surface area contributed by atoms with Gasteiger partial charge in [-0.2, -0.15) is 0 Å². The SMILES string of the molecule is COC(=O)c1c(C)[nH]c(C(=O)C(C)OC(=O)C2c3ccccc3Oc3ccccc32)c1C. The number of rotatable bonds is 5. The highest BCUT2D eigenvalue weighted by molar-refractivity contribution is 6.04. The number of para-hydroxylation sites is 2. The average Bonchev–Trinajstić information content (AvgIpc) is 3.09. The molecule has 32 heavy (non-hydrogen) atoms. The smallest absolute Gasteiger partial charge is 0.339 e. The molecular formula is C25H23NO6. The summed E-state index contributed by atoms with van der Waals surface area (Å²) in [5.41, 5.74) is 2.86. The minimum absolute atomic E-state index is 0.218. The van der Waals surface area contributed by atoms with Crippen LogP contribution in [0.4, 0.5) is 0 Å². The third kappa shape index (κ3) is 3.56. The van der Waals surface area contributed by atoms with Crippen LogP contribution in [0.1, 0.15) is 56.1 Å². The Morgan fingerprint density at radius 1 is 0.969 bits per heavy atom. The topological polar surface area (TPSA) is 94.7 Å². The van der Waals surface area contributed by atoms with E-state index in [9.17, 15) is 14.4 Å². The number of esters is 2. The summed E-state index contributed by atoms with van der Waals surface area (Å²) in [7, 11) is 1.28. The van der Waals surface area contributed by atoms with Crippen LogP contribution in [0.25, 0.3) is 0 Å². The van der Waals surface area contributed by atoms with Gasteiger partial charge in [0.1, 0.15) is 17.4 Å². The number of H-pyrrole nitrogens is 1. The number of fused-ring (bicyclic) bond motifs is 2. The molecule has 1 atom stereocenters. The maximum atomic E-state index is 13.3. The van der Waals surface area contributed by atoms with Crippen molar-refractivity contribution in [2.75, 3.05) is 7.11 Å². The van der Waals surface area contributed by atoms with Crippen molar-refractivity contribution in [3.8, 4) is 11.5 Å². The van der Waals surface area contributed by atoms with E-state index in [1.54, 1.807) is 26.0 Å². The molecule has 0 saturated heterocycles. The van der Waals surface area contributed by atoms with Gasteiger partial charge in [0.05, 0.1) is 18.4 Å². The first-order valence-electron chi connectivity index (χ1n) is 10.2. The molecule has 0 aliphatic carbocycles. The van der Waals surface area contributed by atoms with Gasteiger partial charge in [0.15, 0.2) is 6.10 Å². The molecule has 4 rings (SSSR count). The zero-order valence-corrected chi connectivity index (χ0v) is 18.2. The van der Waals surface area contributed by atoms with Crippen LogP contribution >= 0.6 is 0 Å². The molecule has 1 aromatic heterocycles. The maximum absolute atomic E-state index is 13.3. The number of ketones is 1. The number of ether oxygens (including phenoxy) is 3. The number of aromatic nitrogens is 1. The van der Waals surface area contributed by atoms with E-state index in [4.69, 9.17) is 14.2 Å². The van der Waals surface area contributed by atoms with E-state index in [-0.39, 0.29) is 5.69 Å². The van der Waals surface area contributed by atoms with Gasteiger partial charge >= 0.3 is 11.9 Å². The van der Waals surface area contributed by atoms with Crippen molar-refractivity contribution in [3.63, 3.8) is 0 Å². The predicted octanol–water partition coefficient (Wildman–Crippen LogP) is 4.47. The molecule has 0 bridgehead atoms. The van der Waals surface area contributed by atoms with Crippen molar-refractivity contribution in [1.29, 1.82) is 0 Å². The number of Topliss-reactive ketones (excluding diaryl/α,β-unsaturated/α-hetero) is 1. The Labute approximate surface area is 185 Å². The largest absolute Gasteiger partial charge is 0.465 e. The number of hydrogen-bond donors (Lipinski definition) is 1. The Hall–Kier alpha value is -3.87. The van der Waals surface area contributed by atoms with Gasteiger partial charge in [0.2, 0.25) is 5.78 Å². The van der Waals surface area contributed by atoms with Crippen LogP contribution < -0.4 is 4.74 Å². The number of nitrogens with one attached hydrogen (secondary N) is 1. The number of hydrogen-bond acceptors (Lipinski definition) is 6. The molecule has 0 fully saturated rings. The summed E-state index contributed by atoms with van der Waals surface area (Å²) < 4.78 is 16.3. The fourth-order valence-corrected chi connectivity index (χ4v) is 4.07. The van der Waals surface area contributed by atoms with Crippen molar-refractivity contribution in [3.05, 3.63) is 82.2 Å². The Bertz CT molecular complexity index is 1180. The third-order valence-electron chi connectivity index (χ3n) is 5.65. The van der Waals surface area contributed by atoms with Crippen LogP contribution in [0.5, 0.6) is 11.5 Å². The predicted molar refractivity (Wildman–Crippen MR) is 116 cm³/mol. The first-order chi connectivity index (χ1) is 15.3. The lowest BCUT2D eigenvalue weighted by Crippen LogP contribution is -2.29. The monoisotopic (exact) mass is 433 g/mol. The standard InChI is InChI=1S/C25H23NO6/c1-13-20(24(28)30-4)14(2)26-22(13)23(27)15(3)31-25(29)21-16-9-5-7-11-18(16)32-19-12-8-6-10-17(19)21/h5-12,15,21,26H,1-4H3. The Kier molecular flexibility index (Phi) is 5.57. The molecule has 0 saturated carbocycles. The molecule has 7 heteroatoms. The molecule has 1 aliphatic rings. The van der Waals surface area contributed by atoms with E-state index in [1.165, 1.54) is 14.0 Å². The van der Waals surface area contributed by atoms with Crippen LogP contribution in [0, 0.1) is 13.8 Å². The number of carbonyl (C=O) groups is 3. The van der Waals surface area contributed by atoms with E-state index >= 15 is 0 Å². The summed E-state index contributed by atoms with van der Waals surface area (Å²) in [5, 5.41) is 0. The van der Waals surface area contributed by atoms with Gasteiger partial charge in [-0.3, -0.25) is 9.59 Å². The lowest BCUT2D eigenvalue weighted by Gasteiger charge is -2.27. The molecule has 2 heterocycles. The highest BCUT2D eigenvalue weighted by atomic mass is 16.5. The molecule has 7 nitrogen and oxygen atoms in total. The molecule has 1 unspecified atom stereocenters. The molecule has 1 N–H and O–H groups in total. The highest BCUT2D eigenvalue weighted by Crippen LogP contribution is 2.44. The van der Waals surface area contributed by atoms with Crippen LogP contribution in [-0.4, -0.2) is 35.9 Å². The minimum atomic E-state index is -1.06. The van der Waals surface area contributed by atoms with Crippen LogP contribution in [0.15, 0.2) is 48.5 Å². The summed E-state index contributed by atoms with van der Waals surface area (Å²) in [4.78, 5) is 41.3. The summed E-state index contributed by atoms with van der Waals surface area (Å²) in [6.07, 6.45) is -1.06. The highest BCUT2D eigenvalue weighted by Gasteiger charge is 2.36. The molecule has 0 amide bonds.